The topological polar surface area (TPSA) is 23.5 Å². The van der Waals surface area contributed by atoms with Gasteiger partial charge in [-0.3, -0.25) is 4.90 Å². The predicted molar refractivity (Wildman–Crippen MR) is 62.8 cm³/mol. The van der Waals surface area contributed by atoms with Gasteiger partial charge in [-0.05, 0) is 43.7 Å². The van der Waals surface area contributed by atoms with E-state index in [0.717, 1.165) is 19.0 Å². The summed E-state index contributed by atoms with van der Waals surface area (Å²) < 4.78 is 0. The van der Waals surface area contributed by atoms with Crippen molar-refractivity contribution >= 4 is 0 Å². The van der Waals surface area contributed by atoms with E-state index in [-0.39, 0.29) is 17.1 Å². The van der Waals surface area contributed by atoms with E-state index in [1.54, 1.807) is 0 Å². The smallest absolute Gasteiger partial charge is 0.0777 e. The Kier molecular flexibility index (Phi) is 2.63. The average molecular weight is 211 g/mol. The lowest BCUT2D eigenvalue weighted by Crippen LogP contribution is -2.56. The molecule has 2 fully saturated rings. The lowest BCUT2D eigenvalue weighted by atomic mass is 9.72. The van der Waals surface area contributed by atoms with E-state index in [4.69, 9.17) is 0 Å². The van der Waals surface area contributed by atoms with Crippen LogP contribution in [0.1, 0.15) is 47.0 Å². The highest BCUT2D eigenvalue weighted by Crippen LogP contribution is 2.59. The van der Waals surface area contributed by atoms with Crippen LogP contribution in [0.4, 0.5) is 0 Å². The van der Waals surface area contributed by atoms with Crippen LogP contribution in [0.25, 0.3) is 0 Å². The molecule has 2 saturated carbocycles. The molecule has 2 heteroatoms. The van der Waals surface area contributed by atoms with Crippen LogP contribution in [0, 0.1) is 11.3 Å². The van der Waals surface area contributed by atoms with Crippen molar-refractivity contribution in [2.75, 3.05) is 13.1 Å². The molecule has 2 aliphatic rings. The molecule has 0 unspecified atom stereocenters. The number of rotatable bonds is 3. The molecule has 2 rings (SSSR count). The maximum Gasteiger partial charge on any atom is 0.0777 e. The molecule has 0 aromatic rings. The lowest BCUT2D eigenvalue weighted by molar-refractivity contribution is -0.0689. The highest BCUT2D eigenvalue weighted by Gasteiger charge is 2.62. The number of aliphatic hydroxyl groups is 1. The standard InChI is InChI=1S/C13H25NO/c1-5-14(6-2)13-8-7-10(9-13)12(3,4)11(13)15/h10-11,15H,5-9H2,1-4H3/t10-,11-,13-/m0/s1. The van der Waals surface area contributed by atoms with Crippen molar-refractivity contribution < 1.29 is 5.11 Å². The number of hydrogen-bond donors (Lipinski definition) is 1. The summed E-state index contributed by atoms with van der Waals surface area (Å²) in [6.45, 7) is 11.0. The van der Waals surface area contributed by atoms with Crippen LogP contribution in [-0.4, -0.2) is 34.7 Å². The molecule has 0 aliphatic heterocycles. The number of hydrogen-bond acceptors (Lipinski definition) is 2. The van der Waals surface area contributed by atoms with Crippen molar-refractivity contribution in [2.45, 2.75) is 58.6 Å². The average Bonchev–Trinajstić information content (AvgIpc) is 2.70. The van der Waals surface area contributed by atoms with Gasteiger partial charge in [-0.15, -0.1) is 0 Å². The van der Waals surface area contributed by atoms with Crippen molar-refractivity contribution in [3.63, 3.8) is 0 Å². The van der Waals surface area contributed by atoms with E-state index in [1.807, 2.05) is 0 Å². The molecule has 0 radical (unpaired) electrons. The molecular weight excluding hydrogens is 186 g/mol. The van der Waals surface area contributed by atoms with Crippen LogP contribution >= 0.6 is 0 Å². The third-order valence-corrected chi connectivity index (χ3v) is 5.18. The first-order chi connectivity index (χ1) is 6.99. The Morgan fingerprint density at radius 3 is 2.27 bits per heavy atom. The van der Waals surface area contributed by atoms with Gasteiger partial charge in [-0.2, -0.15) is 0 Å². The van der Waals surface area contributed by atoms with Crippen molar-refractivity contribution in [3.05, 3.63) is 0 Å². The third kappa shape index (κ3) is 1.31. The SMILES string of the molecule is CCN(CC)[C@@]12CC[C@@H](C1)C(C)(C)[C@@H]2O. The molecule has 2 bridgehead atoms. The van der Waals surface area contributed by atoms with Crippen molar-refractivity contribution in [3.8, 4) is 0 Å². The maximum absolute atomic E-state index is 10.6. The minimum absolute atomic E-state index is 0.109. The molecule has 0 spiro atoms. The normalized spacial score (nSPS) is 42.8. The predicted octanol–water partition coefficient (Wildman–Crippen LogP) is 2.27. The van der Waals surface area contributed by atoms with Gasteiger partial charge in [0.15, 0.2) is 0 Å². The molecule has 2 aliphatic carbocycles. The summed E-state index contributed by atoms with van der Waals surface area (Å²) in [4.78, 5) is 2.49. The highest BCUT2D eigenvalue weighted by atomic mass is 16.3. The zero-order valence-electron chi connectivity index (χ0n) is 10.6. The summed E-state index contributed by atoms with van der Waals surface area (Å²) in [5, 5.41) is 10.6. The molecule has 3 atom stereocenters. The number of fused-ring (bicyclic) bond motifs is 2. The Hall–Kier alpha value is -0.0800. The van der Waals surface area contributed by atoms with Gasteiger partial charge >= 0.3 is 0 Å². The van der Waals surface area contributed by atoms with Crippen molar-refractivity contribution in [1.29, 1.82) is 0 Å². The molecule has 15 heavy (non-hydrogen) atoms. The van der Waals surface area contributed by atoms with Gasteiger partial charge in [0, 0.05) is 5.54 Å². The minimum Gasteiger partial charge on any atom is -0.391 e. The third-order valence-electron chi connectivity index (χ3n) is 5.18. The minimum atomic E-state index is -0.136. The number of likely N-dealkylation sites (N-methyl/N-ethyl adjacent to an activating group) is 1. The van der Waals surface area contributed by atoms with Gasteiger partial charge in [0.1, 0.15) is 0 Å². The summed E-state index contributed by atoms with van der Waals surface area (Å²) in [6, 6.07) is 0. The second-order valence-corrected chi connectivity index (χ2v) is 5.94. The molecule has 0 amide bonds. The number of nitrogens with zero attached hydrogens (tertiary/aromatic N) is 1. The Bertz CT molecular complexity index is 247. The first-order valence-corrected chi connectivity index (χ1v) is 6.42. The van der Waals surface area contributed by atoms with Gasteiger partial charge in [-0.1, -0.05) is 27.7 Å². The van der Waals surface area contributed by atoms with Gasteiger partial charge in [-0.25, -0.2) is 0 Å². The second-order valence-electron chi connectivity index (χ2n) is 5.94. The molecule has 2 nitrogen and oxygen atoms in total. The maximum atomic E-state index is 10.6. The summed E-state index contributed by atoms with van der Waals surface area (Å²) in [5.41, 5.74) is 0.235. The van der Waals surface area contributed by atoms with Crippen LogP contribution in [0.15, 0.2) is 0 Å². The Morgan fingerprint density at radius 1 is 1.27 bits per heavy atom. The first-order valence-electron chi connectivity index (χ1n) is 6.42. The van der Waals surface area contributed by atoms with E-state index in [0.29, 0.717) is 0 Å². The van der Waals surface area contributed by atoms with Crippen LogP contribution in [0.2, 0.25) is 0 Å². The van der Waals surface area contributed by atoms with Crippen LogP contribution in [0.5, 0.6) is 0 Å². The largest absolute Gasteiger partial charge is 0.391 e. The summed E-state index contributed by atoms with van der Waals surface area (Å²) in [5.74, 6) is 0.730. The molecule has 0 saturated heterocycles. The molecule has 0 heterocycles. The molecular formula is C13H25NO. The van der Waals surface area contributed by atoms with E-state index in [2.05, 4.69) is 32.6 Å². The lowest BCUT2D eigenvalue weighted by Gasteiger charge is -2.46. The van der Waals surface area contributed by atoms with Crippen LogP contribution in [0.3, 0.4) is 0 Å². The van der Waals surface area contributed by atoms with Crippen molar-refractivity contribution in [2.24, 2.45) is 11.3 Å². The zero-order chi connectivity index (χ0) is 11.3. The quantitative estimate of drug-likeness (QED) is 0.774. The van der Waals surface area contributed by atoms with Gasteiger partial charge < -0.3 is 5.11 Å². The monoisotopic (exact) mass is 211 g/mol. The summed E-state index contributed by atoms with van der Waals surface area (Å²) in [7, 11) is 0. The fourth-order valence-electron chi connectivity index (χ4n) is 4.17. The first kappa shape index (κ1) is 11.4. The zero-order valence-corrected chi connectivity index (χ0v) is 10.6. The molecule has 1 N–H and O–H groups in total. The summed E-state index contributed by atoms with van der Waals surface area (Å²) in [6.07, 6.45) is 3.58. The molecule has 0 aromatic heterocycles. The van der Waals surface area contributed by atoms with E-state index >= 15 is 0 Å². The fourth-order valence-corrected chi connectivity index (χ4v) is 4.17. The van der Waals surface area contributed by atoms with E-state index < -0.39 is 0 Å². The van der Waals surface area contributed by atoms with Gasteiger partial charge in [0.25, 0.3) is 0 Å². The second kappa shape index (κ2) is 3.46. The summed E-state index contributed by atoms with van der Waals surface area (Å²) >= 11 is 0. The highest BCUT2D eigenvalue weighted by molar-refractivity contribution is 5.16. The molecule has 88 valence electrons. The Balaban J connectivity index is 2.30. The molecule has 0 aromatic carbocycles. The fraction of sp³-hybridized carbons (Fsp3) is 1.00. The Morgan fingerprint density at radius 2 is 1.87 bits per heavy atom. The van der Waals surface area contributed by atoms with E-state index in [9.17, 15) is 5.11 Å². The van der Waals surface area contributed by atoms with Gasteiger partial charge in [0.05, 0.1) is 6.10 Å². The van der Waals surface area contributed by atoms with Crippen LogP contribution in [-0.2, 0) is 0 Å². The van der Waals surface area contributed by atoms with Crippen molar-refractivity contribution in [1.82, 2.24) is 4.90 Å². The number of aliphatic hydroxyl groups excluding tert-OH is 1. The van der Waals surface area contributed by atoms with Gasteiger partial charge in [0.2, 0.25) is 0 Å². The Labute approximate surface area is 93.7 Å². The van der Waals surface area contributed by atoms with E-state index in [1.165, 1.54) is 19.3 Å². The van der Waals surface area contributed by atoms with Crippen LogP contribution < -0.4 is 0 Å².